The molecule has 0 aliphatic heterocycles. The molecule has 0 saturated heterocycles. The van der Waals surface area contributed by atoms with E-state index in [1.807, 2.05) is 0 Å². The fraction of sp³-hybridized carbons (Fsp3) is 0.500. The van der Waals surface area contributed by atoms with Gasteiger partial charge in [0.25, 0.3) is 0 Å². The summed E-state index contributed by atoms with van der Waals surface area (Å²) in [5, 5.41) is 13.6. The third-order valence-electron chi connectivity index (χ3n) is 3.24. The second-order valence-corrected chi connectivity index (χ2v) is 7.13. The molecular weight excluding hydrogens is 240 g/mol. The van der Waals surface area contributed by atoms with Gasteiger partial charge in [0, 0.05) is 4.70 Å². The summed E-state index contributed by atoms with van der Waals surface area (Å²) < 4.78 is 1.32. The van der Waals surface area contributed by atoms with Gasteiger partial charge in [0.1, 0.15) is 0 Å². The van der Waals surface area contributed by atoms with Crippen molar-refractivity contribution < 1.29 is 5.11 Å². The van der Waals surface area contributed by atoms with Crippen LogP contribution in [0.2, 0.25) is 0 Å². The first-order valence-electron chi connectivity index (χ1n) is 6.59. The predicted molar refractivity (Wildman–Crippen MR) is 80.2 cm³/mol. The monoisotopic (exact) mass is 262 g/mol. The van der Waals surface area contributed by atoms with Crippen LogP contribution < -0.4 is 0 Å². The number of rotatable bonds is 4. The minimum atomic E-state index is -0.220. The van der Waals surface area contributed by atoms with Crippen molar-refractivity contribution in [2.24, 2.45) is 5.41 Å². The van der Waals surface area contributed by atoms with Crippen molar-refractivity contribution in [3.05, 3.63) is 35.2 Å². The van der Waals surface area contributed by atoms with Crippen LogP contribution in [0.1, 0.15) is 39.2 Å². The lowest BCUT2D eigenvalue weighted by atomic mass is 9.88. The topological polar surface area (TPSA) is 20.2 Å². The summed E-state index contributed by atoms with van der Waals surface area (Å²) in [6, 6.07) is 8.43. The predicted octanol–water partition coefficient (Wildman–Crippen LogP) is 4.63. The lowest BCUT2D eigenvalue weighted by Gasteiger charge is -2.20. The number of benzene rings is 1. The van der Waals surface area contributed by atoms with Gasteiger partial charge < -0.3 is 5.11 Å². The zero-order valence-electron chi connectivity index (χ0n) is 11.4. The van der Waals surface area contributed by atoms with Crippen LogP contribution in [-0.4, -0.2) is 11.2 Å². The maximum atomic E-state index is 10.1. The van der Waals surface area contributed by atoms with Crippen molar-refractivity contribution in [3.63, 3.8) is 0 Å². The number of fused-ring (bicyclic) bond motifs is 1. The number of thiophene rings is 1. The average Bonchev–Trinajstić information content (AvgIpc) is 2.70. The summed E-state index contributed by atoms with van der Waals surface area (Å²) in [6.45, 7) is 6.67. The van der Waals surface area contributed by atoms with Gasteiger partial charge in [-0.15, -0.1) is 11.3 Å². The number of hydrogen-bond acceptors (Lipinski definition) is 2. The lowest BCUT2D eigenvalue weighted by molar-refractivity contribution is 0.146. The van der Waals surface area contributed by atoms with Crippen molar-refractivity contribution in [3.8, 4) is 0 Å². The molecule has 1 atom stereocenters. The van der Waals surface area contributed by atoms with E-state index in [1.165, 1.54) is 15.6 Å². The fourth-order valence-corrected chi connectivity index (χ4v) is 3.12. The Kier molecular flexibility index (Phi) is 4.08. The standard InChI is InChI=1S/C16H22OS/c1-16(2,3)9-8-13(17)10-12-11-18-15-7-5-4-6-14(12)15/h4-7,11,13,17H,8-10H2,1-3H3. The molecule has 0 bridgehead atoms. The molecule has 0 saturated carbocycles. The van der Waals surface area contributed by atoms with E-state index in [9.17, 15) is 5.11 Å². The van der Waals surface area contributed by atoms with Gasteiger partial charge in [0.15, 0.2) is 0 Å². The molecular formula is C16H22OS. The Labute approximate surface area is 113 Å². The molecule has 0 aliphatic carbocycles. The molecule has 1 heterocycles. The Hall–Kier alpha value is -0.860. The maximum absolute atomic E-state index is 10.1. The largest absolute Gasteiger partial charge is 0.393 e. The first-order chi connectivity index (χ1) is 8.46. The molecule has 0 spiro atoms. The van der Waals surface area contributed by atoms with E-state index in [-0.39, 0.29) is 6.10 Å². The highest BCUT2D eigenvalue weighted by molar-refractivity contribution is 7.17. The Bertz CT molecular complexity index is 507. The van der Waals surface area contributed by atoms with E-state index >= 15 is 0 Å². The Morgan fingerprint density at radius 2 is 1.94 bits per heavy atom. The number of aliphatic hydroxyl groups excluding tert-OH is 1. The molecule has 0 fully saturated rings. The minimum Gasteiger partial charge on any atom is -0.393 e. The molecule has 0 radical (unpaired) electrons. The van der Waals surface area contributed by atoms with Gasteiger partial charge in [-0.25, -0.2) is 0 Å². The van der Waals surface area contributed by atoms with Gasteiger partial charge in [-0.3, -0.25) is 0 Å². The SMILES string of the molecule is CC(C)(C)CCC(O)Cc1csc2ccccc12. The fourth-order valence-electron chi connectivity index (χ4n) is 2.15. The van der Waals surface area contributed by atoms with Crippen LogP contribution >= 0.6 is 11.3 Å². The Balaban J connectivity index is 2.01. The Morgan fingerprint density at radius 3 is 2.67 bits per heavy atom. The van der Waals surface area contributed by atoms with Crippen LogP contribution in [0.5, 0.6) is 0 Å². The quantitative estimate of drug-likeness (QED) is 0.851. The van der Waals surface area contributed by atoms with Gasteiger partial charge in [-0.05, 0) is 47.1 Å². The highest BCUT2D eigenvalue weighted by Gasteiger charge is 2.15. The molecule has 1 aromatic carbocycles. The van der Waals surface area contributed by atoms with Crippen molar-refractivity contribution in [1.29, 1.82) is 0 Å². The van der Waals surface area contributed by atoms with E-state index in [0.29, 0.717) is 5.41 Å². The van der Waals surface area contributed by atoms with E-state index in [1.54, 1.807) is 11.3 Å². The second-order valence-electron chi connectivity index (χ2n) is 6.21. The van der Waals surface area contributed by atoms with Crippen LogP contribution in [-0.2, 0) is 6.42 Å². The van der Waals surface area contributed by atoms with E-state index < -0.39 is 0 Å². The van der Waals surface area contributed by atoms with Gasteiger partial charge in [-0.2, -0.15) is 0 Å². The summed E-state index contributed by atoms with van der Waals surface area (Å²) in [4.78, 5) is 0. The maximum Gasteiger partial charge on any atom is 0.0581 e. The smallest absolute Gasteiger partial charge is 0.0581 e. The molecule has 1 aromatic heterocycles. The first-order valence-corrected chi connectivity index (χ1v) is 7.47. The normalized spacial score (nSPS) is 14.0. The molecule has 0 amide bonds. The second kappa shape index (κ2) is 5.41. The molecule has 0 aliphatic rings. The molecule has 1 nitrogen and oxygen atoms in total. The highest BCUT2D eigenvalue weighted by Crippen LogP contribution is 2.28. The lowest BCUT2D eigenvalue weighted by Crippen LogP contribution is -2.15. The van der Waals surface area contributed by atoms with Crippen molar-refractivity contribution in [2.45, 2.75) is 46.1 Å². The summed E-state index contributed by atoms with van der Waals surface area (Å²) in [5.74, 6) is 0. The van der Waals surface area contributed by atoms with Gasteiger partial charge in [-0.1, -0.05) is 39.0 Å². The van der Waals surface area contributed by atoms with Gasteiger partial charge in [0.2, 0.25) is 0 Å². The molecule has 98 valence electrons. The summed E-state index contributed by atoms with van der Waals surface area (Å²) >= 11 is 1.77. The highest BCUT2D eigenvalue weighted by atomic mass is 32.1. The summed E-state index contributed by atoms with van der Waals surface area (Å²) in [7, 11) is 0. The third-order valence-corrected chi connectivity index (χ3v) is 4.26. The van der Waals surface area contributed by atoms with Crippen molar-refractivity contribution in [2.75, 3.05) is 0 Å². The van der Waals surface area contributed by atoms with E-state index in [0.717, 1.165) is 19.3 Å². The molecule has 1 N–H and O–H groups in total. The van der Waals surface area contributed by atoms with Crippen LogP contribution in [0.25, 0.3) is 10.1 Å². The Morgan fingerprint density at radius 1 is 1.22 bits per heavy atom. The summed E-state index contributed by atoms with van der Waals surface area (Å²) in [6.07, 6.45) is 2.51. The van der Waals surface area contributed by atoms with Crippen LogP contribution in [0, 0.1) is 5.41 Å². The van der Waals surface area contributed by atoms with E-state index in [2.05, 4.69) is 50.4 Å². The van der Waals surface area contributed by atoms with Crippen molar-refractivity contribution >= 4 is 21.4 Å². The third kappa shape index (κ3) is 3.56. The van der Waals surface area contributed by atoms with Crippen LogP contribution in [0.4, 0.5) is 0 Å². The first kappa shape index (κ1) is 13.6. The zero-order chi connectivity index (χ0) is 13.2. The number of aliphatic hydroxyl groups is 1. The molecule has 1 unspecified atom stereocenters. The van der Waals surface area contributed by atoms with Crippen LogP contribution in [0.3, 0.4) is 0 Å². The molecule has 2 rings (SSSR count). The van der Waals surface area contributed by atoms with Gasteiger partial charge >= 0.3 is 0 Å². The van der Waals surface area contributed by atoms with E-state index in [4.69, 9.17) is 0 Å². The number of hydrogen-bond donors (Lipinski definition) is 1. The average molecular weight is 262 g/mol. The molecule has 2 aromatic rings. The minimum absolute atomic E-state index is 0.220. The summed E-state index contributed by atoms with van der Waals surface area (Å²) in [5.41, 5.74) is 1.59. The zero-order valence-corrected chi connectivity index (χ0v) is 12.3. The molecule has 2 heteroatoms. The van der Waals surface area contributed by atoms with Gasteiger partial charge in [0.05, 0.1) is 6.10 Å². The van der Waals surface area contributed by atoms with Crippen LogP contribution in [0.15, 0.2) is 29.6 Å². The van der Waals surface area contributed by atoms with Crippen molar-refractivity contribution in [1.82, 2.24) is 0 Å². The molecule has 18 heavy (non-hydrogen) atoms.